The number of nitrogens with zero attached hydrogens (tertiary/aromatic N) is 3. The van der Waals surface area contributed by atoms with Crippen LogP contribution in [0.1, 0.15) is 42.8 Å². The minimum atomic E-state index is -0.224. The van der Waals surface area contributed by atoms with E-state index in [1.165, 1.54) is 0 Å². The first kappa shape index (κ1) is 13.2. The second-order valence-corrected chi connectivity index (χ2v) is 5.48. The molecule has 2 N–H and O–H groups in total. The maximum atomic E-state index is 6.37. The third-order valence-electron chi connectivity index (χ3n) is 2.99. The van der Waals surface area contributed by atoms with Crippen LogP contribution in [0.2, 0.25) is 0 Å². The molecule has 0 aromatic carbocycles. The molecule has 0 spiro atoms. The molecule has 0 saturated heterocycles. The van der Waals surface area contributed by atoms with Crippen LogP contribution >= 0.6 is 15.9 Å². The van der Waals surface area contributed by atoms with Crippen molar-refractivity contribution in [1.82, 2.24) is 14.8 Å². The molecule has 0 saturated carbocycles. The van der Waals surface area contributed by atoms with Gasteiger partial charge in [0.1, 0.15) is 0 Å². The van der Waals surface area contributed by atoms with Crippen LogP contribution in [0, 0.1) is 6.92 Å². The average Bonchev–Trinajstić information content (AvgIpc) is 2.71. The van der Waals surface area contributed by atoms with Gasteiger partial charge >= 0.3 is 0 Å². The largest absolute Gasteiger partial charge is 0.319 e. The predicted molar refractivity (Wildman–Crippen MR) is 75.3 cm³/mol. The first-order chi connectivity index (χ1) is 8.52. The Hall–Kier alpha value is -1.20. The van der Waals surface area contributed by atoms with Gasteiger partial charge in [-0.1, -0.05) is 0 Å². The van der Waals surface area contributed by atoms with Gasteiger partial charge < -0.3 is 5.73 Å². The molecule has 1 unspecified atom stereocenters. The summed E-state index contributed by atoms with van der Waals surface area (Å²) in [4.78, 5) is 4.16. The van der Waals surface area contributed by atoms with Gasteiger partial charge in [0.15, 0.2) is 0 Å². The molecule has 2 aromatic rings. The number of halogens is 1. The van der Waals surface area contributed by atoms with E-state index in [1.807, 2.05) is 23.9 Å². The molecule has 2 heterocycles. The lowest BCUT2D eigenvalue weighted by Gasteiger charge is -2.19. The van der Waals surface area contributed by atoms with E-state index in [9.17, 15) is 0 Å². The Labute approximate surface area is 115 Å². The molecule has 0 aliphatic rings. The molecule has 18 heavy (non-hydrogen) atoms. The van der Waals surface area contributed by atoms with Crippen molar-refractivity contribution < 1.29 is 0 Å². The van der Waals surface area contributed by atoms with Gasteiger partial charge in [0.25, 0.3) is 0 Å². The maximum Gasteiger partial charge on any atom is 0.0752 e. The van der Waals surface area contributed by atoms with Gasteiger partial charge in [-0.05, 0) is 53.9 Å². The lowest BCUT2D eigenvalue weighted by Crippen LogP contribution is -2.20. The zero-order valence-corrected chi connectivity index (χ0v) is 12.3. The molecular weight excluding hydrogens is 292 g/mol. The number of hydrogen-bond donors (Lipinski definition) is 1. The van der Waals surface area contributed by atoms with E-state index in [2.05, 4.69) is 39.9 Å². The Balaban J connectivity index is 2.49. The Kier molecular flexibility index (Phi) is 3.82. The van der Waals surface area contributed by atoms with Crippen LogP contribution in [0.15, 0.2) is 29.1 Å². The van der Waals surface area contributed by atoms with Crippen LogP contribution in [0.5, 0.6) is 0 Å². The van der Waals surface area contributed by atoms with E-state index >= 15 is 0 Å². The van der Waals surface area contributed by atoms with E-state index in [1.54, 1.807) is 12.4 Å². The standard InChI is InChI=1S/C13H17BrN4/c1-8(2)18-13(11(14)7-17-18)12(15)10-6-16-5-4-9(10)3/h4-8,12H,15H2,1-3H3. The van der Waals surface area contributed by atoms with Gasteiger partial charge in [0.2, 0.25) is 0 Å². The van der Waals surface area contributed by atoms with E-state index in [-0.39, 0.29) is 12.1 Å². The highest BCUT2D eigenvalue weighted by atomic mass is 79.9. The third kappa shape index (κ3) is 2.33. The van der Waals surface area contributed by atoms with Crippen LogP contribution in [-0.2, 0) is 0 Å². The number of nitrogens with two attached hydrogens (primary N) is 1. The first-order valence-corrected chi connectivity index (χ1v) is 6.70. The fourth-order valence-electron chi connectivity index (χ4n) is 2.00. The molecule has 0 bridgehead atoms. The SMILES string of the molecule is Cc1ccncc1C(N)c1c(Br)cnn1C(C)C. The Bertz CT molecular complexity index is 548. The zero-order valence-electron chi connectivity index (χ0n) is 10.8. The normalized spacial score (nSPS) is 13.0. The van der Waals surface area contributed by atoms with Gasteiger partial charge in [-0.3, -0.25) is 9.67 Å². The quantitative estimate of drug-likeness (QED) is 0.948. The number of pyridine rings is 1. The van der Waals surface area contributed by atoms with Gasteiger partial charge in [0, 0.05) is 18.4 Å². The van der Waals surface area contributed by atoms with Crippen molar-refractivity contribution in [3.8, 4) is 0 Å². The molecule has 4 nitrogen and oxygen atoms in total. The molecule has 0 aliphatic carbocycles. The highest BCUT2D eigenvalue weighted by molar-refractivity contribution is 9.10. The summed E-state index contributed by atoms with van der Waals surface area (Å²) in [5.74, 6) is 0. The summed E-state index contributed by atoms with van der Waals surface area (Å²) < 4.78 is 2.88. The highest BCUT2D eigenvalue weighted by Crippen LogP contribution is 2.29. The summed E-state index contributed by atoms with van der Waals surface area (Å²) in [5.41, 5.74) is 9.53. The molecule has 0 radical (unpaired) electrons. The topological polar surface area (TPSA) is 56.7 Å². The van der Waals surface area contributed by atoms with Crippen molar-refractivity contribution in [2.24, 2.45) is 5.73 Å². The van der Waals surface area contributed by atoms with Crippen LogP contribution in [0.4, 0.5) is 0 Å². The summed E-state index contributed by atoms with van der Waals surface area (Å²) >= 11 is 3.52. The highest BCUT2D eigenvalue weighted by Gasteiger charge is 2.21. The van der Waals surface area contributed by atoms with Gasteiger partial charge in [-0.25, -0.2) is 0 Å². The molecule has 0 fully saturated rings. The van der Waals surface area contributed by atoms with Gasteiger partial charge in [0.05, 0.1) is 22.4 Å². The van der Waals surface area contributed by atoms with Crippen LogP contribution in [-0.4, -0.2) is 14.8 Å². The second-order valence-electron chi connectivity index (χ2n) is 4.63. The Morgan fingerprint density at radius 2 is 2.06 bits per heavy atom. The maximum absolute atomic E-state index is 6.37. The van der Waals surface area contributed by atoms with Gasteiger partial charge in [-0.2, -0.15) is 5.10 Å². The predicted octanol–water partition coefficient (Wildman–Crippen LogP) is 2.98. The van der Waals surface area contributed by atoms with E-state index in [0.29, 0.717) is 0 Å². The minimum absolute atomic E-state index is 0.224. The van der Waals surface area contributed by atoms with Crippen molar-refractivity contribution in [3.63, 3.8) is 0 Å². The molecule has 0 aliphatic heterocycles. The number of hydrogen-bond acceptors (Lipinski definition) is 3. The monoisotopic (exact) mass is 308 g/mol. The Morgan fingerprint density at radius 1 is 1.33 bits per heavy atom. The van der Waals surface area contributed by atoms with Crippen molar-refractivity contribution in [3.05, 3.63) is 46.0 Å². The molecule has 96 valence electrons. The number of rotatable bonds is 3. The van der Waals surface area contributed by atoms with E-state index in [0.717, 1.165) is 21.3 Å². The van der Waals surface area contributed by atoms with Crippen molar-refractivity contribution in [1.29, 1.82) is 0 Å². The van der Waals surface area contributed by atoms with Crippen LogP contribution < -0.4 is 5.73 Å². The number of aryl methyl sites for hydroxylation is 1. The molecule has 1 atom stereocenters. The lowest BCUT2D eigenvalue weighted by molar-refractivity contribution is 0.498. The van der Waals surface area contributed by atoms with Crippen molar-refractivity contribution >= 4 is 15.9 Å². The summed E-state index contributed by atoms with van der Waals surface area (Å²) in [6.07, 6.45) is 5.39. The van der Waals surface area contributed by atoms with Crippen molar-refractivity contribution in [2.45, 2.75) is 32.9 Å². The van der Waals surface area contributed by atoms with E-state index < -0.39 is 0 Å². The minimum Gasteiger partial charge on any atom is -0.319 e. The van der Waals surface area contributed by atoms with Crippen LogP contribution in [0.3, 0.4) is 0 Å². The van der Waals surface area contributed by atoms with E-state index in [4.69, 9.17) is 5.73 Å². The molecule has 2 rings (SSSR count). The van der Waals surface area contributed by atoms with Crippen LogP contribution in [0.25, 0.3) is 0 Å². The number of aromatic nitrogens is 3. The molecule has 2 aromatic heterocycles. The lowest BCUT2D eigenvalue weighted by atomic mass is 10.0. The Morgan fingerprint density at radius 3 is 2.67 bits per heavy atom. The molecule has 0 amide bonds. The third-order valence-corrected chi connectivity index (χ3v) is 3.60. The molecule has 5 heteroatoms. The summed E-state index contributed by atoms with van der Waals surface area (Å²) in [5, 5.41) is 4.36. The molecular formula is C13H17BrN4. The average molecular weight is 309 g/mol. The zero-order chi connectivity index (χ0) is 13.3. The van der Waals surface area contributed by atoms with Crippen molar-refractivity contribution in [2.75, 3.05) is 0 Å². The summed E-state index contributed by atoms with van der Waals surface area (Å²) in [6.45, 7) is 6.22. The fourth-order valence-corrected chi connectivity index (χ4v) is 2.52. The second kappa shape index (κ2) is 5.20. The van der Waals surface area contributed by atoms with Gasteiger partial charge in [-0.15, -0.1) is 0 Å². The summed E-state index contributed by atoms with van der Waals surface area (Å²) in [7, 11) is 0. The summed E-state index contributed by atoms with van der Waals surface area (Å²) in [6, 6.07) is 2.02. The fraction of sp³-hybridized carbons (Fsp3) is 0.385. The smallest absolute Gasteiger partial charge is 0.0752 e. The first-order valence-electron chi connectivity index (χ1n) is 5.91.